The number of aromatic nitrogens is 7. The smallest absolute Gasteiger partial charge is 0.296 e. The van der Waals surface area contributed by atoms with Crippen molar-refractivity contribution in [3.63, 3.8) is 0 Å². The number of hydrogen-bond acceptors (Lipinski definition) is 5. The Morgan fingerprint density at radius 3 is 2.50 bits per heavy atom. The van der Waals surface area contributed by atoms with E-state index in [0.717, 1.165) is 59.4 Å². The van der Waals surface area contributed by atoms with E-state index in [0.29, 0.717) is 18.3 Å². The van der Waals surface area contributed by atoms with Gasteiger partial charge in [0.15, 0.2) is 0 Å². The van der Waals surface area contributed by atoms with E-state index in [-0.39, 0.29) is 5.69 Å². The third-order valence-electron chi connectivity index (χ3n) is 6.19. The normalized spacial score (nSPS) is 11.4. The van der Waals surface area contributed by atoms with E-state index in [2.05, 4.69) is 77.6 Å². The van der Waals surface area contributed by atoms with Gasteiger partial charge >= 0.3 is 5.69 Å². The average molecular weight is 460 g/mol. The minimum atomic E-state index is 0.0929. The Morgan fingerprint density at radius 1 is 1.03 bits per heavy atom. The summed E-state index contributed by atoms with van der Waals surface area (Å²) in [6.45, 7) is 9.92. The van der Waals surface area contributed by atoms with Crippen LogP contribution in [0.2, 0.25) is 0 Å². The standard InChI is InChI=1S/C26H33N7O/c1-5-6-7-8-24-19(4)32(16-18(2)3)26(34)33(24)17-20-9-11-21(12-10-20)22-13-14-27-15-23(22)25-28-30-31-29-25/h9-15,18H,5-8,16-17H2,1-4H3,(H,28,29,30,31). The highest BCUT2D eigenvalue weighted by Crippen LogP contribution is 2.29. The fraction of sp³-hybridized carbons (Fsp3) is 0.423. The van der Waals surface area contributed by atoms with E-state index in [1.54, 1.807) is 12.4 Å². The van der Waals surface area contributed by atoms with Crippen molar-refractivity contribution in [2.45, 2.75) is 66.5 Å². The van der Waals surface area contributed by atoms with Crippen LogP contribution in [0.25, 0.3) is 22.5 Å². The number of tetrazole rings is 1. The second-order valence-corrected chi connectivity index (χ2v) is 9.22. The Morgan fingerprint density at radius 2 is 1.82 bits per heavy atom. The average Bonchev–Trinajstić information content (AvgIpc) is 3.45. The van der Waals surface area contributed by atoms with Crippen molar-refractivity contribution in [1.29, 1.82) is 0 Å². The van der Waals surface area contributed by atoms with Gasteiger partial charge in [-0.05, 0) is 53.7 Å². The number of H-pyrrole nitrogens is 1. The number of pyridine rings is 1. The SMILES string of the molecule is CCCCCc1c(C)n(CC(C)C)c(=O)n1Cc1ccc(-c2ccncc2-c2nn[nH]n2)cc1. The number of aromatic amines is 1. The molecule has 0 unspecified atom stereocenters. The molecule has 4 rings (SSSR count). The number of unbranched alkanes of at least 4 members (excludes halogenated alkanes) is 2. The molecule has 8 heteroatoms. The summed E-state index contributed by atoms with van der Waals surface area (Å²) in [5, 5.41) is 14.4. The van der Waals surface area contributed by atoms with Crippen molar-refractivity contribution in [2.24, 2.45) is 5.92 Å². The molecule has 0 saturated heterocycles. The number of imidazole rings is 1. The van der Waals surface area contributed by atoms with Crippen LogP contribution in [-0.4, -0.2) is 34.7 Å². The van der Waals surface area contributed by atoms with Crippen molar-refractivity contribution in [2.75, 3.05) is 0 Å². The fourth-order valence-electron chi connectivity index (χ4n) is 4.43. The van der Waals surface area contributed by atoms with E-state index in [1.807, 2.05) is 15.2 Å². The van der Waals surface area contributed by atoms with Crippen LogP contribution >= 0.6 is 0 Å². The molecule has 0 radical (unpaired) electrons. The minimum Gasteiger partial charge on any atom is -0.296 e. The maximum atomic E-state index is 13.3. The molecule has 0 atom stereocenters. The van der Waals surface area contributed by atoms with Gasteiger partial charge in [0.25, 0.3) is 0 Å². The molecule has 0 spiro atoms. The van der Waals surface area contributed by atoms with Gasteiger partial charge in [-0.25, -0.2) is 4.79 Å². The quantitative estimate of drug-likeness (QED) is 0.349. The Labute approximate surface area is 200 Å². The van der Waals surface area contributed by atoms with Crippen LogP contribution in [0, 0.1) is 12.8 Å². The molecule has 0 fully saturated rings. The molecule has 0 aliphatic carbocycles. The second kappa shape index (κ2) is 10.6. The molecule has 0 saturated carbocycles. The van der Waals surface area contributed by atoms with Gasteiger partial charge in [-0.1, -0.05) is 57.9 Å². The van der Waals surface area contributed by atoms with Crippen molar-refractivity contribution < 1.29 is 0 Å². The van der Waals surface area contributed by atoms with Crippen LogP contribution in [0.5, 0.6) is 0 Å². The summed E-state index contributed by atoms with van der Waals surface area (Å²) in [6.07, 6.45) is 7.88. The summed E-state index contributed by atoms with van der Waals surface area (Å²) in [7, 11) is 0. The van der Waals surface area contributed by atoms with Gasteiger partial charge in [-0.15, -0.1) is 10.2 Å². The maximum Gasteiger partial charge on any atom is 0.328 e. The van der Waals surface area contributed by atoms with Crippen molar-refractivity contribution >= 4 is 0 Å². The molecule has 1 N–H and O–H groups in total. The summed E-state index contributed by atoms with van der Waals surface area (Å²) in [6, 6.07) is 10.3. The molecule has 3 aromatic heterocycles. The van der Waals surface area contributed by atoms with Crippen LogP contribution in [0.3, 0.4) is 0 Å². The number of nitrogens with one attached hydrogen (secondary N) is 1. The van der Waals surface area contributed by atoms with Crippen LogP contribution in [-0.2, 0) is 19.5 Å². The van der Waals surface area contributed by atoms with Crippen molar-refractivity contribution in [3.05, 3.63) is 70.2 Å². The molecule has 8 nitrogen and oxygen atoms in total. The number of rotatable bonds is 10. The largest absolute Gasteiger partial charge is 0.328 e. The van der Waals surface area contributed by atoms with Gasteiger partial charge < -0.3 is 0 Å². The summed E-state index contributed by atoms with van der Waals surface area (Å²) in [4.78, 5) is 17.6. The third-order valence-corrected chi connectivity index (χ3v) is 6.19. The van der Waals surface area contributed by atoms with Gasteiger partial charge in [0.1, 0.15) is 0 Å². The Balaban J connectivity index is 1.64. The summed E-state index contributed by atoms with van der Waals surface area (Å²) in [5.41, 5.74) is 6.30. The van der Waals surface area contributed by atoms with E-state index in [1.165, 1.54) is 6.42 Å². The number of hydrogen-bond donors (Lipinski definition) is 1. The third kappa shape index (κ3) is 5.00. The molecule has 0 bridgehead atoms. The number of benzene rings is 1. The topological polar surface area (TPSA) is 94.3 Å². The van der Waals surface area contributed by atoms with Crippen LogP contribution in [0.1, 0.15) is 57.0 Å². The van der Waals surface area contributed by atoms with Gasteiger partial charge in [-0.3, -0.25) is 14.1 Å². The molecule has 34 heavy (non-hydrogen) atoms. The summed E-state index contributed by atoms with van der Waals surface area (Å²) >= 11 is 0. The van der Waals surface area contributed by atoms with Crippen LogP contribution in [0.4, 0.5) is 0 Å². The highest BCUT2D eigenvalue weighted by atomic mass is 16.1. The van der Waals surface area contributed by atoms with E-state index in [9.17, 15) is 4.79 Å². The zero-order valence-electron chi connectivity index (χ0n) is 20.5. The summed E-state index contributed by atoms with van der Waals surface area (Å²) in [5.74, 6) is 0.932. The molecular formula is C26H33N7O. The van der Waals surface area contributed by atoms with Gasteiger partial charge in [0.2, 0.25) is 5.82 Å². The van der Waals surface area contributed by atoms with Gasteiger partial charge in [0.05, 0.1) is 6.54 Å². The Kier molecular flexibility index (Phi) is 7.35. The second-order valence-electron chi connectivity index (χ2n) is 9.22. The van der Waals surface area contributed by atoms with Crippen LogP contribution in [0.15, 0.2) is 47.5 Å². The Hall–Kier alpha value is -3.55. The predicted molar refractivity (Wildman–Crippen MR) is 133 cm³/mol. The first-order valence-electron chi connectivity index (χ1n) is 12.1. The molecule has 1 aromatic carbocycles. The lowest BCUT2D eigenvalue weighted by molar-refractivity contribution is 0.497. The first-order chi connectivity index (χ1) is 16.5. The molecule has 178 valence electrons. The molecule has 0 amide bonds. The molecule has 3 heterocycles. The first kappa shape index (κ1) is 23.6. The zero-order valence-corrected chi connectivity index (χ0v) is 20.5. The molecule has 0 aliphatic heterocycles. The Bertz CT molecular complexity index is 1270. The van der Waals surface area contributed by atoms with Crippen molar-refractivity contribution in [1.82, 2.24) is 34.7 Å². The lowest BCUT2D eigenvalue weighted by Crippen LogP contribution is -2.27. The highest BCUT2D eigenvalue weighted by molar-refractivity contribution is 5.79. The van der Waals surface area contributed by atoms with Gasteiger partial charge in [-0.2, -0.15) is 5.21 Å². The minimum absolute atomic E-state index is 0.0929. The van der Waals surface area contributed by atoms with E-state index >= 15 is 0 Å². The molecule has 0 aliphatic rings. The predicted octanol–water partition coefficient (Wildman–Crippen LogP) is 4.64. The molecule has 4 aromatic rings. The van der Waals surface area contributed by atoms with Crippen LogP contribution < -0.4 is 5.69 Å². The maximum absolute atomic E-state index is 13.3. The first-order valence-corrected chi connectivity index (χ1v) is 12.1. The summed E-state index contributed by atoms with van der Waals surface area (Å²) < 4.78 is 3.92. The monoisotopic (exact) mass is 459 g/mol. The fourth-order valence-corrected chi connectivity index (χ4v) is 4.43. The zero-order chi connectivity index (χ0) is 24.1. The van der Waals surface area contributed by atoms with Crippen molar-refractivity contribution in [3.8, 4) is 22.5 Å². The molecular weight excluding hydrogens is 426 g/mol. The number of nitrogens with zero attached hydrogens (tertiary/aromatic N) is 6. The van der Waals surface area contributed by atoms with E-state index in [4.69, 9.17) is 0 Å². The van der Waals surface area contributed by atoms with Gasteiger partial charge in [0, 0.05) is 35.9 Å². The highest BCUT2D eigenvalue weighted by Gasteiger charge is 2.18. The van der Waals surface area contributed by atoms with E-state index < -0.39 is 0 Å². The lowest BCUT2D eigenvalue weighted by Gasteiger charge is -2.10. The lowest BCUT2D eigenvalue weighted by atomic mass is 10.00.